The highest BCUT2D eigenvalue weighted by atomic mass is 16.6. The third kappa shape index (κ3) is 3.78. The molecule has 2 aliphatic rings. The molecular formula is C28H37NO3. The van der Waals surface area contributed by atoms with Crippen molar-refractivity contribution >= 4 is 6.09 Å². The fourth-order valence-electron chi connectivity index (χ4n) is 6.16. The number of hydrogen-bond acceptors (Lipinski definition) is 3. The highest BCUT2D eigenvalue weighted by Gasteiger charge is 2.60. The zero-order valence-corrected chi connectivity index (χ0v) is 20.4. The van der Waals surface area contributed by atoms with Crippen LogP contribution in [0.15, 0.2) is 48.5 Å². The van der Waals surface area contributed by atoms with Gasteiger partial charge in [-0.25, -0.2) is 4.79 Å². The topological polar surface area (TPSA) is 38.8 Å². The Bertz CT molecular complexity index is 964. The van der Waals surface area contributed by atoms with E-state index in [0.717, 1.165) is 25.1 Å². The number of carbonyl (C=O) groups is 1. The van der Waals surface area contributed by atoms with Gasteiger partial charge in [0.05, 0.1) is 0 Å². The van der Waals surface area contributed by atoms with Crippen molar-refractivity contribution in [1.82, 2.24) is 4.90 Å². The first-order valence-corrected chi connectivity index (χ1v) is 12.0. The molecule has 172 valence electrons. The summed E-state index contributed by atoms with van der Waals surface area (Å²) in [6.07, 6.45) is 1.90. The van der Waals surface area contributed by atoms with E-state index in [1.807, 2.05) is 43.9 Å². The first kappa shape index (κ1) is 22.7. The number of nitrogens with zero attached hydrogens (tertiary/aromatic N) is 1. The number of fused-ring (bicyclic) bond motifs is 4. The van der Waals surface area contributed by atoms with E-state index in [2.05, 4.69) is 51.1 Å². The number of benzene rings is 2. The van der Waals surface area contributed by atoms with E-state index in [1.165, 1.54) is 16.7 Å². The molecule has 1 fully saturated rings. The van der Waals surface area contributed by atoms with E-state index >= 15 is 0 Å². The Balaban J connectivity index is 1.61. The summed E-state index contributed by atoms with van der Waals surface area (Å²) in [6.45, 7) is 13.8. The maximum absolute atomic E-state index is 13.0. The molecule has 4 atom stereocenters. The summed E-state index contributed by atoms with van der Waals surface area (Å²) in [5.74, 6) is 1.66. The number of rotatable bonds is 5. The minimum absolute atomic E-state index is 0.0914. The van der Waals surface area contributed by atoms with Gasteiger partial charge in [0.2, 0.25) is 0 Å². The molecule has 1 aliphatic carbocycles. The van der Waals surface area contributed by atoms with Crippen LogP contribution < -0.4 is 4.74 Å². The Kier molecular flexibility index (Phi) is 6.00. The van der Waals surface area contributed by atoms with Crippen LogP contribution in [-0.4, -0.2) is 29.2 Å². The zero-order chi connectivity index (χ0) is 23.1. The lowest BCUT2D eigenvalue weighted by atomic mass is 9.46. The Hall–Kier alpha value is -2.49. The molecule has 1 heterocycles. The number of piperidine rings is 1. The molecule has 32 heavy (non-hydrogen) atoms. The van der Waals surface area contributed by atoms with Crippen molar-refractivity contribution in [3.8, 4) is 5.75 Å². The average Bonchev–Trinajstić information content (AvgIpc) is 2.75. The summed E-state index contributed by atoms with van der Waals surface area (Å²) < 4.78 is 11.9. The zero-order valence-electron chi connectivity index (χ0n) is 20.4. The van der Waals surface area contributed by atoms with E-state index in [-0.39, 0.29) is 17.6 Å². The van der Waals surface area contributed by atoms with Crippen LogP contribution in [0.3, 0.4) is 0 Å². The second-order valence-corrected chi connectivity index (χ2v) is 10.4. The highest BCUT2D eigenvalue weighted by Crippen LogP contribution is 2.63. The van der Waals surface area contributed by atoms with Gasteiger partial charge in [-0.3, -0.25) is 0 Å². The Morgan fingerprint density at radius 2 is 1.84 bits per heavy atom. The summed E-state index contributed by atoms with van der Waals surface area (Å²) >= 11 is 0. The molecule has 0 spiro atoms. The van der Waals surface area contributed by atoms with Gasteiger partial charge < -0.3 is 14.4 Å². The van der Waals surface area contributed by atoms with Crippen LogP contribution in [0.1, 0.15) is 77.0 Å². The molecule has 0 N–H and O–H groups in total. The van der Waals surface area contributed by atoms with Gasteiger partial charge in [0, 0.05) is 23.9 Å². The van der Waals surface area contributed by atoms with Gasteiger partial charge in [0.25, 0.3) is 0 Å². The summed E-state index contributed by atoms with van der Waals surface area (Å²) in [6, 6.07) is 17.0. The molecule has 4 nitrogen and oxygen atoms in total. The lowest BCUT2D eigenvalue weighted by Crippen LogP contribution is -2.64. The molecule has 4 unspecified atom stereocenters. The second-order valence-electron chi connectivity index (χ2n) is 10.4. The monoisotopic (exact) mass is 435 g/mol. The number of carbonyl (C=O) groups excluding carboxylic acids is 1. The van der Waals surface area contributed by atoms with Crippen molar-refractivity contribution in [2.75, 3.05) is 6.54 Å². The molecule has 1 saturated heterocycles. The number of likely N-dealkylation sites (tertiary alicyclic amines) is 1. The SMILES string of the molecule is CCC1C(C)N(C(=O)OC(C)(C)C)CC2c3ccc(OCc4ccccc4)cc3C21CC. The Labute approximate surface area is 192 Å². The smallest absolute Gasteiger partial charge is 0.410 e. The molecule has 0 saturated carbocycles. The number of hydrogen-bond donors (Lipinski definition) is 0. The summed E-state index contributed by atoms with van der Waals surface area (Å²) in [5.41, 5.74) is 3.55. The van der Waals surface area contributed by atoms with E-state index < -0.39 is 5.60 Å². The van der Waals surface area contributed by atoms with Crippen LogP contribution in [0.4, 0.5) is 4.79 Å². The first-order chi connectivity index (χ1) is 15.2. The van der Waals surface area contributed by atoms with Crippen molar-refractivity contribution in [1.29, 1.82) is 0 Å². The maximum Gasteiger partial charge on any atom is 0.410 e. The van der Waals surface area contributed by atoms with Crippen molar-refractivity contribution in [3.63, 3.8) is 0 Å². The molecule has 1 amide bonds. The van der Waals surface area contributed by atoms with E-state index in [4.69, 9.17) is 9.47 Å². The fraction of sp³-hybridized carbons (Fsp3) is 0.536. The normalized spacial score (nSPS) is 26.6. The minimum atomic E-state index is -0.486. The lowest BCUT2D eigenvalue weighted by Gasteiger charge is -2.62. The maximum atomic E-state index is 13.0. The summed E-state index contributed by atoms with van der Waals surface area (Å²) in [4.78, 5) is 15.0. The quantitative estimate of drug-likeness (QED) is 0.526. The first-order valence-electron chi connectivity index (χ1n) is 12.0. The largest absolute Gasteiger partial charge is 0.489 e. The van der Waals surface area contributed by atoms with Crippen molar-refractivity contribution in [3.05, 3.63) is 65.2 Å². The third-order valence-electron chi connectivity index (χ3n) is 7.54. The average molecular weight is 436 g/mol. The van der Waals surface area contributed by atoms with Crippen LogP contribution in [0.25, 0.3) is 0 Å². The van der Waals surface area contributed by atoms with E-state index in [9.17, 15) is 4.79 Å². The van der Waals surface area contributed by atoms with Gasteiger partial charge in [-0.1, -0.05) is 56.7 Å². The molecule has 1 aliphatic heterocycles. The van der Waals surface area contributed by atoms with Crippen LogP contribution in [0, 0.1) is 5.92 Å². The van der Waals surface area contributed by atoms with Gasteiger partial charge in [0.1, 0.15) is 18.0 Å². The summed E-state index contributed by atoms with van der Waals surface area (Å²) in [7, 11) is 0. The van der Waals surface area contributed by atoms with Crippen LogP contribution in [-0.2, 0) is 16.8 Å². The highest BCUT2D eigenvalue weighted by molar-refractivity contribution is 5.70. The van der Waals surface area contributed by atoms with E-state index in [0.29, 0.717) is 18.4 Å². The third-order valence-corrected chi connectivity index (χ3v) is 7.54. The minimum Gasteiger partial charge on any atom is -0.489 e. The standard InChI is InChI=1S/C28H37NO3/c1-7-23-19(3)29(26(30)32-27(4,5)6)17-25-22-15-14-21(16-24(22)28(23,25)8-2)31-18-20-12-10-9-11-13-20/h9-16,19,23,25H,7-8,17-18H2,1-6H3. The van der Waals surface area contributed by atoms with Crippen LogP contribution in [0.2, 0.25) is 0 Å². The van der Waals surface area contributed by atoms with Crippen molar-refractivity contribution in [2.45, 2.75) is 84.0 Å². The molecule has 4 heteroatoms. The fourth-order valence-corrected chi connectivity index (χ4v) is 6.16. The molecular weight excluding hydrogens is 398 g/mol. The number of amides is 1. The van der Waals surface area contributed by atoms with E-state index in [1.54, 1.807) is 0 Å². The number of ether oxygens (including phenoxy) is 2. The van der Waals surface area contributed by atoms with Gasteiger partial charge in [-0.05, 0) is 68.9 Å². The van der Waals surface area contributed by atoms with Crippen molar-refractivity contribution < 1.29 is 14.3 Å². The predicted molar refractivity (Wildman–Crippen MR) is 128 cm³/mol. The molecule has 0 aromatic heterocycles. The van der Waals surface area contributed by atoms with Gasteiger partial charge >= 0.3 is 6.09 Å². The molecule has 0 radical (unpaired) electrons. The van der Waals surface area contributed by atoms with Gasteiger partial charge in [-0.15, -0.1) is 0 Å². The molecule has 0 bridgehead atoms. The van der Waals surface area contributed by atoms with Crippen LogP contribution in [0.5, 0.6) is 5.75 Å². The summed E-state index contributed by atoms with van der Waals surface area (Å²) in [5, 5.41) is 0. The molecule has 2 aromatic rings. The Morgan fingerprint density at radius 1 is 1.12 bits per heavy atom. The van der Waals surface area contributed by atoms with Gasteiger partial charge in [-0.2, -0.15) is 0 Å². The molecule has 4 rings (SSSR count). The lowest BCUT2D eigenvalue weighted by molar-refractivity contribution is -0.0336. The predicted octanol–water partition coefficient (Wildman–Crippen LogP) is 6.68. The second kappa shape index (κ2) is 8.46. The molecule has 2 aromatic carbocycles. The Morgan fingerprint density at radius 3 is 2.47 bits per heavy atom. The van der Waals surface area contributed by atoms with Crippen LogP contribution >= 0.6 is 0 Å². The van der Waals surface area contributed by atoms with Crippen molar-refractivity contribution in [2.24, 2.45) is 5.92 Å². The van der Waals surface area contributed by atoms with Gasteiger partial charge in [0.15, 0.2) is 0 Å².